The molecule has 0 unspecified atom stereocenters. The summed E-state index contributed by atoms with van der Waals surface area (Å²) < 4.78 is 40.2. The predicted molar refractivity (Wildman–Crippen MR) is 78.4 cm³/mol. The molecule has 24 heavy (non-hydrogen) atoms. The molecule has 0 saturated heterocycles. The molecule has 0 aliphatic rings. The number of nitrogens with zero attached hydrogens (tertiary/aromatic N) is 3. The SMILES string of the molecule is O=[N+]([O-])c1cccc(N(Cc2ccccc2)C(F)(F)F)c1[N+](=O)[O-]. The van der Waals surface area contributed by atoms with Crippen LogP contribution in [0.15, 0.2) is 48.5 Å². The molecule has 0 heterocycles. The van der Waals surface area contributed by atoms with Crippen molar-refractivity contribution in [1.29, 1.82) is 0 Å². The van der Waals surface area contributed by atoms with E-state index in [1.165, 1.54) is 24.3 Å². The van der Waals surface area contributed by atoms with Gasteiger partial charge in [-0.05, 0) is 11.6 Å². The summed E-state index contributed by atoms with van der Waals surface area (Å²) in [7, 11) is 0. The summed E-state index contributed by atoms with van der Waals surface area (Å²) in [6.45, 7) is -0.716. The molecule has 0 atom stereocenters. The largest absolute Gasteiger partial charge is 0.485 e. The van der Waals surface area contributed by atoms with Gasteiger partial charge in [-0.25, -0.2) is 0 Å². The fourth-order valence-corrected chi connectivity index (χ4v) is 2.15. The van der Waals surface area contributed by atoms with Gasteiger partial charge in [-0.2, -0.15) is 13.2 Å². The van der Waals surface area contributed by atoms with E-state index in [9.17, 15) is 33.4 Å². The van der Waals surface area contributed by atoms with Crippen molar-refractivity contribution in [3.8, 4) is 0 Å². The molecule has 0 aliphatic carbocycles. The first-order valence-corrected chi connectivity index (χ1v) is 6.52. The van der Waals surface area contributed by atoms with E-state index in [0.29, 0.717) is 0 Å². The minimum atomic E-state index is -4.96. The topological polar surface area (TPSA) is 89.5 Å². The van der Waals surface area contributed by atoms with E-state index in [2.05, 4.69) is 0 Å². The van der Waals surface area contributed by atoms with E-state index in [1.807, 2.05) is 0 Å². The van der Waals surface area contributed by atoms with E-state index in [-0.39, 0.29) is 10.5 Å². The molecule has 2 aromatic carbocycles. The van der Waals surface area contributed by atoms with Crippen LogP contribution in [0.4, 0.5) is 30.2 Å². The number of hydrogen-bond acceptors (Lipinski definition) is 5. The van der Waals surface area contributed by atoms with Crippen LogP contribution < -0.4 is 4.90 Å². The van der Waals surface area contributed by atoms with Crippen molar-refractivity contribution < 1.29 is 23.0 Å². The molecule has 0 amide bonds. The molecule has 0 N–H and O–H groups in total. The molecule has 0 spiro atoms. The van der Waals surface area contributed by atoms with Crippen molar-refractivity contribution in [2.24, 2.45) is 0 Å². The third-order valence-electron chi connectivity index (χ3n) is 3.15. The minimum absolute atomic E-state index is 0.187. The number of rotatable bonds is 5. The molecule has 0 aliphatic heterocycles. The van der Waals surface area contributed by atoms with Crippen LogP contribution in [0.3, 0.4) is 0 Å². The molecular formula is C14H10F3N3O4. The lowest BCUT2D eigenvalue weighted by molar-refractivity contribution is -0.422. The summed E-state index contributed by atoms with van der Waals surface area (Å²) in [6.07, 6.45) is -4.96. The summed E-state index contributed by atoms with van der Waals surface area (Å²) in [4.78, 5) is 19.6. The highest BCUT2D eigenvalue weighted by Gasteiger charge is 2.43. The Morgan fingerprint density at radius 2 is 1.54 bits per heavy atom. The van der Waals surface area contributed by atoms with Gasteiger partial charge in [-0.15, -0.1) is 0 Å². The highest BCUT2D eigenvalue weighted by Crippen LogP contribution is 2.41. The van der Waals surface area contributed by atoms with Gasteiger partial charge >= 0.3 is 17.7 Å². The van der Waals surface area contributed by atoms with Crippen LogP contribution in [0.5, 0.6) is 0 Å². The first-order chi connectivity index (χ1) is 11.2. The normalized spacial score (nSPS) is 11.1. The molecule has 2 aromatic rings. The van der Waals surface area contributed by atoms with Gasteiger partial charge in [0.2, 0.25) is 0 Å². The van der Waals surface area contributed by atoms with Crippen LogP contribution >= 0.6 is 0 Å². The smallest absolute Gasteiger partial charge is 0.273 e. The highest BCUT2D eigenvalue weighted by atomic mass is 19.4. The first-order valence-electron chi connectivity index (χ1n) is 6.52. The minimum Gasteiger partial charge on any atom is -0.273 e. The zero-order chi connectivity index (χ0) is 17.9. The number of para-hydroxylation sites is 1. The van der Waals surface area contributed by atoms with Gasteiger partial charge < -0.3 is 0 Å². The summed E-state index contributed by atoms with van der Waals surface area (Å²) >= 11 is 0. The molecule has 0 fully saturated rings. The Kier molecular flexibility index (Phi) is 4.67. The van der Waals surface area contributed by atoms with E-state index in [0.717, 1.165) is 18.2 Å². The van der Waals surface area contributed by atoms with Crippen LogP contribution in [-0.2, 0) is 6.54 Å². The number of nitro groups is 2. The van der Waals surface area contributed by atoms with Gasteiger partial charge in [0.05, 0.1) is 16.4 Å². The molecule has 0 bridgehead atoms. The second kappa shape index (κ2) is 6.52. The van der Waals surface area contributed by atoms with Crippen molar-refractivity contribution in [2.75, 3.05) is 4.90 Å². The zero-order valence-corrected chi connectivity index (χ0v) is 11.9. The van der Waals surface area contributed by atoms with E-state index >= 15 is 0 Å². The number of anilines is 1. The number of halogens is 3. The molecule has 0 saturated carbocycles. The maximum absolute atomic E-state index is 13.4. The van der Waals surface area contributed by atoms with E-state index in [4.69, 9.17) is 0 Å². The van der Waals surface area contributed by atoms with Crippen LogP contribution in [0.1, 0.15) is 5.56 Å². The predicted octanol–water partition coefficient (Wildman–Crippen LogP) is 4.03. The maximum atomic E-state index is 13.4. The zero-order valence-electron chi connectivity index (χ0n) is 11.9. The summed E-state index contributed by atoms with van der Waals surface area (Å²) in [6, 6.07) is 10.1. The Hall–Kier alpha value is -3.17. The third-order valence-corrected chi connectivity index (χ3v) is 3.15. The lowest BCUT2D eigenvalue weighted by Crippen LogP contribution is -2.38. The summed E-state index contributed by atoms with van der Waals surface area (Å²) in [5.74, 6) is 0. The molecule has 0 aromatic heterocycles. The Labute approximate surface area is 133 Å². The number of alkyl halides is 3. The molecule has 2 rings (SSSR count). The van der Waals surface area contributed by atoms with Crippen molar-refractivity contribution >= 4 is 17.1 Å². The standard InChI is InChI=1S/C14H10F3N3O4/c15-14(16,17)18(9-10-5-2-1-3-6-10)11-7-4-8-12(19(21)22)13(11)20(23)24/h1-8H,9H2. The number of nitro benzene ring substituents is 2. The molecule has 0 radical (unpaired) electrons. The molecule has 126 valence electrons. The van der Waals surface area contributed by atoms with Crippen LogP contribution in [0.25, 0.3) is 0 Å². The van der Waals surface area contributed by atoms with Crippen LogP contribution in [0, 0.1) is 20.2 Å². The van der Waals surface area contributed by atoms with Crippen molar-refractivity contribution in [3.05, 3.63) is 74.3 Å². The van der Waals surface area contributed by atoms with Gasteiger partial charge in [0, 0.05) is 6.07 Å². The molecular weight excluding hydrogens is 331 g/mol. The lowest BCUT2D eigenvalue weighted by atomic mass is 10.1. The average molecular weight is 341 g/mol. The Morgan fingerprint density at radius 1 is 0.917 bits per heavy atom. The van der Waals surface area contributed by atoms with E-state index in [1.54, 1.807) is 6.07 Å². The Bertz CT molecular complexity index is 766. The van der Waals surface area contributed by atoms with Crippen molar-refractivity contribution in [3.63, 3.8) is 0 Å². The van der Waals surface area contributed by atoms with Crippen molar-refractivity contribution in [2.45, 2.75) is 12.8 Å². The number of hydrogen-bond donors (Lipinski definition) is 0. The third kappa shape index (κ3) is 3.59. The average Bonchev–Trinajstić information content (AvgIpc) is 2.51. The number of benzene rings is 2. The fourth-order valence-electron chi connectivity index (χ4n) is 2.15. The van der Waals surface area contributed by atoms with Gasteiger partial charge in [0.25, 0.3) is 0 Å². The van der Waals surface area contributed by atoms with E-state index < -0.39 is 39.8 Å². The van der Waals surface area contributed by atoms with Gasteiger partial charge in [-0.3, -0.25) is 25.1 Å². The molecule has 7 nitrogen and oxygen atoms in total. The fraction of sp³-hybridized carbons (Fsp3) is 0.143. The van der Waals surface area contributed by atoms with Gasteiger partial charge in [-0.1, -0.05) is 36.4 Å². The Balaban J connectivity index is 2.61. The quantitative estimate of drug-likeness (QED) is 0.465. The van der Waals surface area contributed by atoms with Crippen LogP contribution in [-0.4, -0.2) is 16.1 Å². The second-order valence-corrected chi connectivity index (χ2v) is 4.70. The Morgan fingerprint density at radius 3 is 2.04 bits per heavy atom. The van der Waals surface area contributed by atoms with Crippen LogP contribution in [0.2, 0.25) is 0 Å². The molecule has 10 heteroatoms. The second-order valence-electron chi connectivity index (χ2n) is 4.70. The monoisotopic (exact) mass is 341 g/mol. The summed E-state index contributed by atoms with van der Waals surface area (Å²) in [5, 5.41) is 22.0. The van der Waals surface area contributed by atoms with Gasteiger partial charge in [0.1, 0.15) is 5.69 Å². The first kappa shape index (κ1) is 17.2. The van der Waals surface area contributed by atoms with Crippen molar-refractivity contribution in [1.82, 2.24) is 0 Å². The maximum Gasteiger partial charge on any atom is 0.485 e. The van der Waals surface area contributed by atoms with Gasteiger partial charge in [0.15, 0.2) is 0 Å². The lowest BCUT2D eigenvalue weighted by Gasteiger charge is -2.26. The highest BCUT2D eigenvalue weighted by molar-refractivity contribution is 5.73. The summed E-state index contributed by atoms with van der Waals surface area (Å²) in [5.41, 5.74) is -2.84.